The fourth-order valence-electron chi connectivity index (χ4n) is 7.10. The predicted molar refractivity (Wildman–Crippen MR) is 198 cm³/mol. The van der Waals surface area contributed by atoms with E-state index >= 15 is 0 Å². The van der Waals surface area contributed by atoms with E-state index in [0.717, 1.165) is 38.5 Å². The smallest absolute Gasteiger partial charge is 0.270 e. The molecular weight excluding hydrogens is 561 g/mol. The Morgan fingerprint density at radius 3 is 0.636 bits per heavy atom. The van der Waals surface area contributed by atoms with Gasteiger partial charge in [-0.15, -0.1) is 0 Å². The van der Waals surface area contributed by atoms with Crippen molar-refractivity contribution >= 4 is 10.1 Å². The zero-order valence-corrected chi connectivity index (χ0v) is 31.4. The molecule has 0 aromatic rings. The molecule has 0 fully saturated rings. The maximum atomic E-state index is 12.9. The minimum absolute atomic E-state index is 0.651. The molecule has 0 amide bonds. The molecule has 4 heteroatoms. The van der Waals surface area contributed by atoms with Crippen LogP contribution in [-0.2, 0) is 10.1 Å². The van der Waals surface area contributed by atoms with E-state index in [-0.39, 0.29) is 0 Å². The number of hydrogen-bond acceptors (Lipinski definition) is 2. The summed E-state index contributed by atoms with van der Waals surface area (Å²) in [5.74, 6) is 0. The van der Waals surface area contributed by atoms with Crippen LogP contribution in [0.4, 0.5) is 0 Å². The molecule has 0 aliphatic rings. The Morgan fingerprint density at radius 1 is 0.318 bits per heavy atom. The second-order valence-corrected chi connectivity index (χ2v) is 16.3. The van der Waals surface area contributed by atoms with Crippen LogP contribution in [0.15, 0.2) is 0 Å². The SMILES string of the molecule is CCCCCCCCCCCCCCCC(CCCCCCCCCCCC)(CCCCCCCCCCCC)S(=O)(=O)O. The maximum Gasteiger partial charge on any atom is 0.270 e. The molecule has 0 aromatic heterocycles. The van der Waals surface area contributed by atoms with E-state index in [2.05, 4.69) is 20.8 Å². The number of rotatable bonds is 37. The molecule has 1 N–H and O–H groups in total. The minimum Gasteiger partial charge on any atom is -0.285 e. The van der Waals surface area contributed by atoms with Crippen LogP contribution in [0, 0.1) is 0 Å². The zero-order valence-electron chi connectivity index (χ0n) is 30.6. The second kappa shape index (κ2) is 32.8. The minimum atomic E-state index is -4.06. The molecule has 0 aliphatic heterocycles. The topological polar surface area (TPSA) is 54.4 Å². The molecule has 3 nitrogen and oxygen atoms in total. The second-order valence-electron chi connectivity index (χ2n) is 14.5. The summed E-state index contributed by atoms with van der Waals surface area (Å²) in [5.41, 5.74) is 0. The lowest BCUT2D eigenvalue weighted by Gasteiger charge is -2.31. The van der Waals surface area contributed by atoms with Crippen molar-refractivity contribution < 1.29 is 13.0 Å². The quantitative estimate of drug-likeness (QED) is 0.0542. The molecule has 0 aliphatic carbocycles. The van der Waals surface area contributed by atoms with E-state index in [1.54, 1.807) is 0 Å². The molecule has 0 saturated heterocycles. The normalized spacial score (nSPS) is 12.4. The highest BCUT2D eigenvalue weighted by atomic mass is 32.2. The predicted octanol–water partition coefficient (Wildman–Crippen LogP) is 14.7. The highest BCUT2D eigenvalue weighted by Crippen LogP contribution is 2.36. The fourth-order valence-corrected chi connectivity index (χ4v) is 8.30. The van der Waals surface area contributed by atoms with Crippen molar-refractivity contribution in [2.45, 2.75) is 257 Å². The third-order valence-electron chi connectivity index (χ3n) is 10.3. The van der Waals surface area contributed by atoms with Gasteiger partial charge in [-0.05, 0) is 19.3 Å². The average Bonchev–Trinajstić information content (AvgIpc) is 3.00. The van der Waals surface area contributed by atoms with Gasteiger partial charge in [0.2, 0.25) is 0 Å². The first kappa shape index (κ1) is 43.9. The zero-order chi connectivity index (χ0) is 32.5. The van der Waals surface area contributed by atoms with Gasteiger partial charge in [0, 0.05) is 0 Å². The maximum absolute atomic E-state index is 12.9. The lowest BCUT2D eigenvalue weighted by Crippen LogP contribution is -2.38. The summed E-state index contributed by atoms with van der Waals surface area (Å²) in [6.45, 7) is 6.81. The highest BCUT2D eigenvalue weighted by molar-refractivity contribution is 7.87. The van der Waals surface area contributed by atoms with Crippen LogP contribution in [0.1, 0.15) is 252 Å². The number of unbranched alkanes of at least 4 members (excludes halogenated alkanes) is 30. The largest absolute Gasteiger partial charge is 0.285 e. The van der Waals surface area contributed by atoms with Crippen LogP contribution in [0.3, 0.4) is 0 Å². The third kappa shape index (κ3) is 27.1. The summed E-state index contributed by atoms with van der Waals surface area (Å²) in [6, 6.07) is 0. The van der Waals surface area contributed by atoms with Gasteiger partial charge in [-0.3, -0.25) is 4.55 Å². The van der Waals surface area contributed by atoms with Crippen molar-refractivity contribution in [1.82, 2.24) is 0 Å². The molecule has 0 radical (unpaired) electrons. The summed E-state index contributed by atoms with van der Waals surface area (Å²) in [6.07, 6.45) is 43.9. The van der Waals surface area contributed by atoms with Crippen LogP contribution >= 0.6 is 0 Å². The Kier molecular flexibility index (Phi) is 32.8. The third-order valence-corrected chi connectivity index (χ3v) is 12.0. The Bertz CT molecular complexity index is 636. The van der Waals surface area contributed by atoms with Crippen LogP contribution in [0.2, 0.25) is 0 Å². The van der Waals surface area contributed by atoms with Crippen LogP contribution in [-0.4, -0.2) is 17.7 Å². The monoisotopic (exact) mass is 643 g/mol. The summed E-state index contributed by atoms with van der Waals surface area (Å²) in [7, 11) is -4.06. The molecule has 0 unspecified atom stereocenters. The van der Waals surface area contributed by atoms with E-state index in [9.17, 15) is 13.0 Å². The van der Waals surface area contributed by atoms with Crippen molar-refractivity contribution in [2.24, 2.45) is 0 Å². The average molecular weight is 643 g/mol. The Balaban J connectivity index is 4.52. The van der Waals surface area contributed by atoms with Gasteiger partial charge in [-0.25, -0.2) is 0 Å². The molecule has 266 valence electrons. The van der Waals surface area contributed by atoms with E-state index in [0.29, 0.717) is 19.3 Å². The lowest BCUT2D eigenvalue weighted by atomic mass is 9.88. The van der Waals surface area contributed by atoms with Gasteiger partial charge >= 0.3 is 0 Å². The standard InChI is InChI=1S/C40H82O3S/c1-4-7-10-13-16-19-22-23-24-27-30-33-36-39-40(44(41,42)43,37-34-31-28-25-20-17-14-11-8-5-2)38-35-32-29-26-21-18-15-12-9-6-3/h4-39H2,1-3H3,(H,41,42,43). The first-order valence-electron chi connectivity index (χ1n) is 20.4. The molecule has 0 aromatic carbocycles. The van der Waals surface area contributed by atoms with Crippen molar-refractivity contribution in [3.8, 4) is 0 Å². The summed E-state index contributed by atoms with van der Waals surface area (Å²) in [4.78, 5) is 0. The first-order chi connectivity index (χ1) is 21.4. The summed E-state index contributed by atoms with van der Waals surface area (Å²) < 4.78 is 35.5. The van der Waals surface area contributed by atoms with Crippen molar-refractivity contribution in [3.05, 3.63) is 0 Å². The van der Waals surface area contributed by atoms with Gasteiger partial charge in [0.15, 0.2) is 0 Å². The van der Waals surface area contributed by atoms with E-state index < -0.39 is 14.9 Å². The van der Waals surface area contributed by atoms with Gasteiger partial charge in [-0.1, -0.05) is 233 Å². The summed E-state index contributed by atoms with van der Waals surface area (Å²) >= 11 is 0. The van der Waals surface area contributed by atoms with E-state index in [1.165, 1.54) is 173 Å². The van der Waals surface area contributed by atoms with Crippen molar-refractivity contribution in [2.75, 3.05) is 0 Å². The van der Waals surface area contributed by atoms with Crippen LogP contribution in [0.25, 0.3) is 0 Å². The van der Waals surface area contributed by atoms with Crippen LogP contribution < -0.4 is 0 Å². The fraction of sp³-hybridized carbons (Fsp3) is 1.00. The molecule has 0 rings (SSSR count). The Hall–Kier alpha value is -0.0900. The van der Waals surface area contributed by atoms with E-state index in [1.807, 2.05) is 0 Å². The molecule has 0 bridgehead atoms. The van der Waals surface area contributed by atoms with Gasteiger partial charge < -0.3 is 0 Å². The summed E-state index contributed by atoms with van der Waals surface area (Å²) in [5, 5.41) is 0. The Labute approximate surface area is 279 Å². The van der Waals surface area contributed by atoms with Gasteiger partial charge in [-0.2, -0.15) is 8.42 Å². The molecular formula is C40H82O3S. The van der Waals surface area contributed by atoms with Crippen molar-refractivity contribution in [3.63, 3.8) is 0 Å². The molecule has 0 spiro atoms. The van der Waals surface area contributed by atoms with Gasteiger partial charge in [0.05, 0.1) is 4.75 Å². The first-order valence-corrected chi connectivity index (χ1v) is 21.8. The molecule has 44 heavy (non-hydrogen) atoms. The van der Waals surface area contributed by atoms with Crippen molar-refractivity contribution in [1.29, 1.82) is 0 Å². The molecule has 0 heterocycles. The molecule has 0 saturated carbocycles. The lowest BCUT2D eigenvalue weighted by molar-refractivity contribution is 0.343. The van der Waals surface area contributed by atoms with E-state index in [4.69, 9.17) is 0 Å². The molecule has 0 atom stereocenters. The van der Waals surface area contributed by atoms with Gasteiger partial charge in [0.25, 0.3) is 10.1 Å². The highest BCUT2D eigenvalue weighted by Gasteiger charge is 2.41. The number of hydrogen-bond donors (Lipinski definition) is 1. The Morgan fingerprint density at radius 2 is 0.477 bits per heavy atom. The van der Waals surface area contributed by atoms with Crippen LogP contribution in [0.5, 0.6) is 0 Å². The van der Waals surface area contributed by atoms with Gasteiger partial charge in [0.1, 0.15) is 0 Å².